The summed E-state index contributed by atoms with van der Waals surface area (Å²) in [4.78, 5) is 14.3. The predicted octanol–water partition coefficient (Wildman–Crippen LogP) is 1.07. The first-order valence-electron chi connectivity index (χ1n) is 9.02. The fourth-order valence-electron chi connectivity index (χ4n) is 3.09. The molecule has 8 nitrogen and oxygen atoms in total. The molecule has 1 aromatic carbocycles. The van der Waals surface area contributed by atoms with Gasteiger partial charge in [-0.1, -0.05) is 30.3 Å². The van der Waals surface area contributed by atoms with Crippen molar-refractivity contribution in [2.24, 2.45) is 7.05 Å². The number of nitrogens with one attached hydrogen (secondary N) is 1. The van der Waals surface area contributed by atoms with E-state index in [2.05, 4.69) is 10.4 Å². The summed E-state index contributed by atoms with van der Waals surface area (Å²) in [7, 11) is -1.89. The minimum Gasteiger partial charge on any atom is -0.338 e. The Bertz CT molecular complexity index is 866. The van der Waals surface area contributed by atoms with E-state index in [0.29, 0.717) is 32.6 Å². The molecule has 0 aliphatic carbocycles. The highest BCUT2D eigenvalue weighted by Crippen LogP contribution is 2.17. The lowest BCUT2D eigenvalue weighted by Crippen LogP contribution is -2.43. The van der Waals surface area contributed by atoms with Gasteiger partial charge in [-0.05, 0) is 18.4 Å². The van der Waals surface area contributed by atoms with Gasteiger partial charge >= 0.3 is 6.03 Å². The van der Waals surface area contributed by atoms with E-state index in [9.17, 15) is 13.2 Å². The van der Waals surface area contributed by atoms with Gasteiger partial charge in [0.25, 0.3) is 0 Å². The average molecular weight is 391 g/mol. The second-order valence-corrected chi connectivity index (χ2v) is 8.50. The number of carbonyl (C=O) groups excluding carboxylic acids is 1. The number of aromatic nitrogens is 2. The van der Waals surface area contributed by atoms with Crippen LogP contribution in [-0.2, 0) is 23.5 Å². The van der Waals surface area contributed by atoms with Gasteiger partial charge < -0.3 is 10.2 Å². The maximum atomic E-state index is 12.7. The molecule has 0 unspecified atom stereocenters. The lowest BCUT2D eigenvalue weighted by atomic mass is 10.1. The fraction of sp³-hybridized carbons (Fsp3) is 0.444. The van der Waals surface area contributed by atoms with E-state index < -0.39 is 10.0 Å². The number of urea groups is 1. The minimum absolute atomic E-state index is 0.147. The molecule has 27 heavy (non-hydrogen) atoms. The van der Waals surface area contributed by atoms with Crippen molar-refractivity contribution in [3.8, 4) is 0 Å². The summed E-state index contributed by atoms with van der Waals surface area (Å²) in [5.41, 5.74) is 1.17. The van der Waals surface area contributed by atoms with E-state index in [1.807, 2.05) is 30.3 Å². The Hall–Kier alpha value is -2.39. The number of aryl methyl sites for hydroxylation is 1. The number of benzene rings is 1. The summed E-state index contributed by atoms with van der Waals surface area (Å²) < 4.78 is 28.3. The maximum Gasteiger partial charge on any atom is 0.317 e. The van der Waals surface area contributed by atoms with Crippen LogP contribution in [0.25, 0.3) is 0 Å². The van der Waals surface area contributed by atoms with Crippen molar-refractivity contribution in [3.05, 3.63) is 48.3 Å². The number of amides is 2. The minimum atomic E-state index is -3.58. The van der Waals surface area contributed by atoms with Crippen molar-refractivity contribution in [3.63, 3.8) is 0 Å². The summed E-state index contributed by atoms with van der Waals surface area (Å²) in [6, 6.07) is 9.82. The van der Waals surface area contributed by atoms with E-state index in [0.717, 1.165) is 6.42 Å². The molecule has 1 saturated heterocycles. The standard InChI is InChI=1S/C18H25N5O3S/c1-21-15-17(14-20-21)27(25,26)23-11-5-10-22(12-13-23)18(24)19-9-8-16-6-3-2-4-7-16/h2-4,6-7,14-15H,5,8-13H2,1H3,(H,19,24). The molecular formula is C18H25N5O3S. The number of hydrogen-bond acceptors (Lipinski definition) is 4. The van der Waals surface area contributed by atoms with Crippen LogP contribution >= 0.6 is 0 Å². The normalized spacial score (nSPS) is 16.1. The van der Waals surface area contributed by atoms with Crippen LogP contribution < -0.4 is 5.32 Å². The number of carbonyl (C=O) groups is 1. The zero-order chi connectivity index (χ0) is 19.3. The van der Waals surface area contributed by atoms with Gasteiger partial charge in [0.05, 0.1) is 6.20 Å². The second kappa shape index (κ2) is 8.53. The lowest BCUT2D eigenvalue weighted by molar-refractivity contribution is 0.200. The third-order valence-electron chi connectivity index (χ3n) is 4.59. The monoisotopic (exact) mass is 391 g/mol. The molecule has 2 heterocycles. The third-order valence-corrected chi connectivity index (χ3v) is 6.45. The molecule has 1 N–H and O–H groups in total. The zero-order valence-electron chi connectivity index (χ0n) is 15.4. The molecule has 1 fully saturated rings. The Morgan fingerprint density at radius 1 is 1.15 bits per heavy atom. The lowest BCUT2D eigenvalue weighted by Gasteiger charge is -2.22. The van der Waals surface area contributed by atoms with Gasteiger partial charge in [0.2, 0.25) is 10.0 Å². The molecule has 9 heteroatoms. The van der Waals surface area contributed by atoms with Crippen molar-refractivity contribution >= 4 is 16.1 Å². The van der Waals surface area contributed by atoms with Crippen LogP contribution in [0.15, 0.2) is 47.6 Å². The number of nitrogens with zero attached hydrogens (tertiary/aromatic N) is 4. The smallest absolute Gasteiger partial charge is 0.317 e. The highest BCUT2D eigenvalue weighted by atomic mass is 32.2. The van der Waals surface area contributed by atoms with E-state index in [1.54, 1.807) is 11.9 Å². The molecule has 0 spiro atoms. The SMILES string of the molecule is Cn1cc(S(=O)(=O)N2CCCN(C(=O)NCCc3ccccc3)CC2)cn1. The first-order chi connectivity index (χ1) is 13.0. The van der Waals surface area contributed by atoms with Crippen LogP contribution in [0.5, 0.6) is 0 Å². The predicted molar refractivity (Wildman–Crippen MR) is 102 cm³/mol. The molecule has 2 aromatic rings. The van der Waals surface area contributed by atoms with Gasteiger partial charge in [-0.25, -0.2) is 13.2 Å². The van der Waals surface area contributed by atoms with E-state index in [-0.39, 0.29) is 17.5 Å². The fourth-order valence-corrected chi connectivity index (χ4v) is 4.54. The number of sulfonamides is 1. The first kappa shape index (κ1) is 19.4. The molecule has 1 aliphatic heterocycles. The van der Waals surface area contributed by atoms with Crippen molar-refractivity contribution < 1.29 is 13.2 Å². The highest BCUT2D eigenvalue weighted by Gasteiger charge is 2.29. The van der Waals surface area contributed by atoms with E-state index >= 15 is 0 Å². The van der Waals surface area contributed by atoms with Crippen LogP contribution in [0.4, 0.5) is 4.79 Å². The summed E-state index contributed by atoms with van der Waals surface area (Å²) in [5, 5.41) is 6.86. The van der Waals surface area contributed by atoms with Crippen LogP contribution in [0.1, 0.15) is 12.0 Å². The molecule has 0 bridgehead atoms. The largest absolute Gasteiger partial charge is 0.338 e. The van der Waals surface area contributed by atoms with Crippen molar-refractivity contribution in [2.45, 2.75) is 17.7 Å². The molecule has 146 valence electrons. The molecule has 0 atom stereocenters. The topological polar surface area (TPSA) is 87.5 Å². The molecule has 0 radical (unpaired) electrons. The van der Waals surface area contributed by atoms with Gasteiger partial charge in [-0.3, -0.25) is 4.68 Å². The van der Waals surface area contributed by atoms with Gasteiger partial charge in [0.1, 0.15) is 4.90 Å². The van der Waals surface area contributed by atoms with Crippen LogP contribution in [0.2, 0.25) is 0 Å². The Labute approximate surface area is 159 Å². The Balaban J connectivity index is 1.52. The molecule has 2 amide bonds. The summed E-state index contributed by atoms with van der Waals surface area (Å²) in [6.07, 6.45) is 4.22. The van der Waals surface area contributed by atoms with Crippen molar-refractivity contribution in [1.29, 1.82) is 0 Å². The average Bonchev–Trinajstić information content (AvgIpc) is 2.95. The Kier molecular flexibility index (Phi) is 6.12. The van der Waals surface area contributed by atoms with Crippen LogP contribution in [0.3, 0.4) is 0 Å². The van der Waals surface area contributed by atoms with Gasteiger partial charge in [0, 0.05) is 46.0 Å². The van der Waals surface area contributed by atoms with E-state index in [4.69, 9.17) is 0 Å². The summed E-state index contributed by atoms with van der Waals surface area (Å²) in [6.45, 7) is 2.14. The summed E-state index contributed by atoms with van der Waals surface area (Å²) >= 11 is 0. The first-order valence-corrected chi connectivity index (χ1v) is 10.5. The van der Waals surface area contributed by atoms with Gasteiger partial charge in [-0.15, -0.1) is 0 Å². The van der Waals surface area contributed by atoms with Crippen molar-refractivity contribution in [1.82, 2.24) is 24.3 Å². The van der Waals surface area contributed by atoms with Gasteiger partial charge in [-0.2, -0.15) is 9.40 Å². The molecule has 1 aliphatic rings. The number of rotatable bonds is 5. The molecule has 1 aromatic heterocycles. The van der Waals surface area contributed by atoms with Crippen molar-refractivity contribution in [2.75, 3.05) is 32.7 Å². The molecule has 0 saturated carbocycles. The Morgan fingerprint density at radius 3 is 2.63 bits per heavy atom. The molecular weight excluding hydrogens is 366 g/mol. The van der Waals surface area contributed by atoms with Crippen LogP contribution in [0, 0.1) is 0 Å². The quantitative estimate of drug-likeness (QED) is 0.826. The summed E-state index contributed by atoms with van der Waals surface area (Å²) in [5.74, 6) is 0. The second-order valence-electron chi connectivity index (χ2n) is 6.56. The zero-order valence-corrected chi connectivity index (χ0v) is 16.2. The van der Waals surface area contributed by atoms with Crippen LogP contribution in [-0.4, -0.2) is 66.2 Å². The molecule has 3 rings (SSSR count). The third kappa shape index (κ3) is 4.86. The maximum absolute atomic E-state index is 12.7. The number of hydrogen-bond donors (Lipinski definition) is 1. The van der Waals surface area contributed by atoms with Gasteiger partial charge in [0.15, 0.2) is 0 Å². The highest BCUT2D eigenvalue weighted by molar-refractivity contribution is 7.89. The Morgan fingerprint density at radius 2 is 1.93 bits per heavy atom. The van der Waals surface area contributed by atoms with E-state index in [1.165, 1.54) is 26.9 Å².